The van der Waals surface area contributed by atoms with Gasteiger partial charge in [-0.3, -0.25) is 19.3 Å². The predicted molar refractivity (Wildman–Crippen MR) is 124 cm³/mol. The van der Waals surface area contributed by atoms with Crippen LogP contribution in [-0.2, 0) is 14.4 Å². The summed E-state index contributed by atoms with van der Waals surface area (Å²) in [5.41, 5.74) is 0.705. The third-order valence-corrected chi connectivity index (χ3v) is 6.36. The number of carbonyl (C=O) groups excluding carboxylic acids is 3. The molecule has 2 aliphatic rings. The Morgan fingerprint density at radius 3 is 2.50 bits per heavy atom. The second-order valence-corrected chi connectivity index (χ2v) is 8.38. The summed E-state index contributed by atoms with van der Waals surface area (Å²) in [6, 6.07) is 12.7. The molecule has 2 saturated heterocycles. The van der Waals surface area contributed by atoms with Crippen molar-refractivity contribution in [2.24, 2.45) is 0 Å². The zero-order valence-corrected chi connectivity index (χ0v) is 18.5. The van der Waals surface area contributed by atoms with Gasteiger partial charge in [-0.2, -0.15) is 0 Å². The lowest BCUT2D eigenvalue weighted by molar-refractivity contribution is -0.145. The molecule has 1 unspecified atom stereocenters. The number of piperazine rings is 2. The smallest absolute Gasteiger partial charge is 0.243 e. The van der Waals surface area contributed by atoms with Crippen LogP contribution in [0.3, 0.4) is 0 Å². The van der Waals surface area contributed by atoms with Crippen molar-refractivity contribution >= 4 is 34.2 Å². The average molecular weight is 438 g/mol. The van der Waals surface area contributed by atoms with Gasteiger partial charge in [0.15, 0.2) is 0 Å². The molecule has 2 N–H and O–H groups in total. The Kier molecular flexibility index (Phi) is 7.02. The summed E-state index contributed by atoms with van der Waals surface area (Å²) in [6.07, 6.45) is -0.0651. The van der Waals surface area contributed by atoms with Gasteiger partial charge in [-0.15, -0.1) is 0 Å². The second-order valence-electron chi connectivity index (χ2n) is 8.38. The lowest BCUT2D eigenvalue weighted by Crippen LogP contribution is -2.60. The van der Waals surface area contributed by atoms with E-state index in [0.717, 1.165) is 43.5 Å². The molecule has 8 heteroatoms. The summed E-state index contributed by atoms with van der Waals surface area (Å²) in [6.45, 7) is 7.84. The van der Waals surface area contributed by atoms with Gasteiger partial charge in [0.1, 0.15) is 6.04 Å². The number of nitrogens with one attached hydrogen (secondary N) is 2. The predicted octanol–water partition coefficient (Wildman–Crippen LogP) is 1.13. The van der Waals surface area contributed by atoms with Crippen LogP contribution < -0.4 is 10.6 Å². The minimum atomic E-state index is -0.789. The van der Waals surface area contributed by atoms with Crippen molar-refractivity contribution < 1.29 is 14.4 Å². The second kappa shape index (κ2) is 10.1. The largest absolute Gasteiger partial charge is 0.353 e. The Hall–Kier alpha value is -2.97. The fourth-order valence-electron chi connectivity index (χ4n) is 4.47. The molecule has 2 heterocycles. The Morgan fingerprint density at radius 2 is 1.72 bits per heavy atom. The molecule has 4 rings (SSSR count). The molecule has 2 aromatic rings. The van der Waals surface area contributed by atoms with Crippen molar-refractivity contribution in [2.75, 3.05) is 57.7 Å². The number of benzene rings is 2. The van der Waals surface area contributed by atoms with E-state index in [9.17, 15) is 14.4 Å². The minimum Gasteiger partial charge on any atom is -0.353 e. The van der Waals surface area contributed by atoms with Crippen molar-refractivity contribution in [3.63, 3.8) is 0 Å². The molecular formula is C24H31N5O3. The molecule has 8 nitrogen and oxygen atoms in total. The van der Waals surface area contributed by atoms with E-state index in [0.29, 0.717) is 18.8 Å². The van der Waals surface area contributed by atoms with E-state index in [2.05, 4.69) is 27.4 Å². The fourth-order valence-corrected chi connectivity index (χ4v) is 4.47. The lowest BCUT2D eigenvalue weighted by atomic mass is 10.1. The Morgan fingerprint density at radius 1 is 1.00 bits per heavy atom. The van der Waals surface area contributed by atoms with Crippen LogP contribution >= 0.6 is 0 Å². The molecule has 3 amide bonds. The van der Waals surface area contributed by atoms with E-state index in [1.807, 2.05) is 42.5 Å². The summed E-state index contributed by atoms with van der Waals surface area (Å²) in [5.74, 6) is -0.640. The third kappa shape index (κ3) is 5.08. The van der Waals surface area contributed by atoms with Gasteiger partial charge in [0, 0.05) is 50.3 Å². The maximum atomic E-state index is 13.0. The Balaban J connectivity index is 1.40. The first-order valence-electron chi connectivity index (χ1n) is 11.3. The summed E-state index contributed by atoms with van der Waals surface area (Å²) in [5, 5.41) is 7.70. The monoisotopic (exact) mass is 437 g/mol. The van der Waals surface area contributed by atoms with Gasteiger partial charge >= 0.3 is 0 Å². The van der Waals surface area contributed by atoms with E-state index in [1.165, 1.54) is 0 Å². The van der Waals surface area contributed by atoms with Crippen molar-refractivity contribution in [1.29, 1.82) is 0 Å². The van der Waals surface area contributed by atoms with Crippen LogP contribution in [-0.4, -0.2) is 90.8 Å². The average Bonchev–Trinajstić information content (AvgIpc) is 2.81. The van der Waals surface area contributed by atoms with Gasteiger partial charge in [0.2, 0.25) is 17.7 Å². The molecule has 2 aromatic carbocycles. The van der Waals surface area contributed by atoms with Gasteiger partial charge in [0.05, 0.1) is 13.0 Å². The number of rotatable bonds is 6. The first kappa shape index (κ1) is 22.2. The highest BCUT2D eigenvalue weighted by Crippen LogP contribution is 2.23. The van der Waals surface area contributed by atoms with Crippen molar-refractivity contribution in [3.8, 4) is 0 Å². The van der Waals surface area contributed by atoms with Crippen LogP contribution in [0.25, 0.3) is 10.8 Å². The van der Waals surface area contributed by atoms with Crippen molar-refractivity contribution in [2.45, 2.75) is 19.4 Å². The van der Waals surface area contributed by atoms with E-state index < -0.39 is 6.04 Å². The van der Waals surface area contributed by atoms with E-state index in [-0.39, 0.29) is 30.7 Å². The molecule has 0 spiro atoms. The van der Waals surface area contributed by atoms with Gasteiger partial charge in [0.25, 0.3) is 0 Å². The molecule has 0 radical (unpaired) electrons. The maximum absolute atomic E-state index is 13.0. The zero-order valence-electron chi connectivity index (χ0n) is 18.5. The fraction of sp³-hybridized carbons (Fsp3) is 0.458. The van der Waals surface area contributed by atoms with Crippen molar-refractivity contribution in [3.05, 3.63) is 42.5 Å². The van der Waals surface area contributed by atoms with Crippen molar-refractivity contribution in [1.82, 2.24) is 20.0 Å². The van der Waals surface area contributed by atoms with Crippen LogP contribution in [0.15, 0.2) is 42.5 Å². The van der Waals surface area contributed by atoms with Crippen LogP contribution in [0.5, 0.6) is 0 Å². The van der Waals surface area contributed by atoms with Crippen LogP contribution in [0, 0.1) is 0 Å². The number of hydrogen-bond donors (Lipinski definition) is 2. The van der Waals surface area contributed by atoms with Gasteiger partial charge in [-0.05, 0) is 18.0 Å². The van der Waals surface area contributed by atoms with Gasteiger partial charge < -0.3 is 20.4 Å². The highest BCUT2D eigenvalue weighted by molar-refractivity contribution is 6.04. The van der Waals surface area contributed by atoms with Crippen LogP contribution in [0.2, 0.25) is 0 Å². The van der Waals surface area contributed by atoms with E-state index in [1.54, 1.807) is 4.90 Å². The Bertz CT molecular complexity index is 981. The number of fused-ring (bicyclic) bond motifs is 1. The topological polar surface area (TPSA) is 85.0 Å². The lowest BCUT2D eigenvalue weighted by Gasteiger charge is -2.38. The molecule has 170 valence electrons. The van der Waals surface area contributed by atoms with Gasteiger partial charge in [-0.25, -0.2) is 0 Å². The van der Waals surface area contributed by atoms with E-state index in [4.69, 9.17) is 0 Å². The number of carbonyl (C=O) groups is 3. The molecule has 1 atom stereocenters. The maximum Gasteiger partial charge on any atom is 0.243 e. The van der Waals surface area contributed by atoms with Crippen LogP contribution in [0.1, 0.15) is 13.3 Å². The molecular weight excluding hydrogens is 406 g/mol. The number of likely N-dealkylation sites (N-methyl/N-ethyl adjacent to an activating group) is 1. The summed E-state index contributed by atoms with van der Waals surface area (Å²) >= 11 is 0. The standard InChI is InChI=1S/C24H31N5O3/c1-2-27-12-14-28(15-13-27)17-23(31)29-11-10-25-24(32)21(29)16-22(30)26-20-9-5-7-18-6-3-4-8-19(18)20/h3-9,21H,2,10-17H2,1H3,(H,25,32)(H,26,30). The van der Waals surface area contributed by atoms with Gasteiger partial charge in [-0.1, -0.05) is 43.3 Å². The Labute approximate surface area is 188 Å². The number of nitrogens with zero attached hydrogens (tertiary/aromatic N) is 3. The number of anilines is 1. The molecule has 2 aliphatic heterocycles. The normalized spacial score (nSPS) is 20.2. The molecule has 0 saturated carbocycles. The molecule has 0 aromatic heterocycles. The number of amides is 3. The first-order chi connectivity index (χ1) is 15.5. The van der Waals surface area contributed by atoms with E-state index >= 15 is 0 Å². The molecule has 32 heavy (non-hydrogen) atoms. The summed E-state index contributed by atoms with van der Waals surface area (Å²) < 4.78 is 0. The minimum absolute atomic E-state index is 0.0651. The SMILES string of the molecule is CCN1CCN(CC(=O)N2CCNC(=O)C2CC(=O)Nc2cccc3ccccc23)CC1. The molecule has 0 aliphatic carbocycles. The highest BCUT2D eigenvalue weighted by Gasteiger charge is 2.35. The highest BCUT2D eigenvalue weighted by atomic mass is 16.2. The third-order valence-electron chi connectivity index (χ3n) is 6.36. The first-order valence-corrected chi connectivity index (χ1v) is 11.3. The van der Waals surface area contributed by atoms with Crippen LogP contribution in [0.4, 0.5) is 5.69 Å². The summed E-state index contributed by atoms with van der Waals surface area (Å²) in [7, 11) is 0. The number of hydrogen-bond acceptors (Lipinski definition) is 5. The quantitative estimate of drug-likeness (QED) is 0.708. The summed E-state index contributed by atoms with van der Waals surface area (Å²) in [4.78, 5) is 44.5. The zero-order chi connectivity index (χ0) is 22.5. The molecule has 0 bridgehead atoms. The molecule has 2 fully saturated rings.